The summed E-state index contributed by atoms with van der Waals surface area (Å²) in [6.07, 6.45) is 2.74. The molecule has 0 N–H and O–H groups in total. The van der Waals surface area contributed by atoms with E-state index in [2.05, 4.69) is 6.08 Å². The molecule has 7 nitrogen and oxygen atoms in total. The van der Waals surface area contributed by atoms with Gasteiger partial charge in [-0.3, -0.25) is 4.79 Å². The van der Waals surface area contributed by atoms with Gasteiger partial charge in [-0.15, -0.1) is 0 Å². The molecule has 1 aromatic rings. The molecule has 5 rings (SSSR count). The zero-order valence-corrected chi connectivity index (χ0v) is 16.0. The first-order valence-electron chi connectivity index (χ1n) is 9.32. The monoisotopic (exact) mass is 386 g/mol. The predicted molar refractivity (Wildman–Crippen MR) is 97.3 cm³/mol. The van der Waals surface area contributed by atoms with E-state index in [0.29, 0.717) is 23.9 Å². The minimum absolute atomic E-state index is 0.131. The molecule has 3 fully saturated rings. The van der Waals surface area contributed by atoms with Crippen molar-refractivity contribution >= 4 is 5.97 Å². The third-order valence-electron chi connectivity index (χ3n) is 6.10. The standard InChI is InChI=1S/C21H22O7/c1-23-13-5-11(6-14(24-2)19(13)25-3)16-17-10(7-15-20(17)28-9-27-15)4-12-8-26-21(22)18(12)16/h5-7,12,15-16,18H,4,8-9H2,1-3H3. The Morgan fingerprint density at radius 1 is 1.04 bits per heavy atom. The van der Waals surface area contributed by atoms with E-state index in [0.717, 1.165) is 23.3 Å². The molecule has 0 bridgehead atoms. The fraction of sp³-hybridized carbons (Fsp3) is 0.476. The van der Waals surface area contributed by atoms with Gasteiger partial charge in [-0.05, 0) is 35.8 Å². The Morgan fingerprint density at radius 2 is 1.79 bits per heavy atom. The van der Waals surface area contributed by atoms with Gasteiger partial charge in [0.05, 0.1) is 33.9 Å². The van der Waals surface area contributed by atoms with Crippen molar-refractivity contribution < 1.29 is 33.2 Å². The van der Waals surface area contributed by atoms with Gasteiger partial charge >= 0.3 is 5.97 Å². The first-order chi connectivity index (χ1) is 13.7. The summed E-state index contributed by atoms with van der Waals surface area (Å²) in [7, 11) is 4.74. The Kier molecular flexibility index (Phi) is 4.01. The lowest BCUT2D eigenvalue weighted by Crippen LogP contribution is -2.31. The van der Waals surface area contributed by atoms with Crippen molar-refractivity contribution in [2.75, 3.05) is 34.7 Å². The number of carbonyl (C=O) groups excluding carboxylic acids is 1. The lowest BCUT2D eigenvalue weighted by Gasteiger charge is -2.34. The molecule has 4 aliphatic rings. The molecule has 7 heteroatoms. The molecule has 28 heavy (non-hydrogen) atoms. The van der Waals surface area contributed by atoms with Gasteiger partial charge in [0, 0.05) is 17.4 Å². The van der Waals surface area contributed by atoms with E-state index < -0.39 is 0 Å². The second-order valence-corrected chi connectivity index (χ2v) is 7.38. The number of ether oxygens (including phenoxy) is 6. The quantitative estimate of drug-likeness (QED) is 0.737. The number of cyclic esters (lactones) is 1. The Hall–Kier alpha value is -2.67. The van der Waals surface area contributed by atoms with E-state index in [1.54, 1.807) is 21.3 Å². The maximum absolute atomic E-state index is 12.7. The van der Waals surface area contributed by atoms with Crippen LogP contribution in [-0.4, -0.2) is 46.8 Å². The minimum Gasteiger partial charge on any atom is -0.493 e. The Balaban J connectivity index is 1.70. The lowest BCUT2D eigenvalue weighted by molar-refractivity contribution is -0.141. The fourth-order valence-corrected chi connectivity index (χ4v) is 4.94. The van der Waals surface area contributed by atoms with Crippen LogP contribution in [0, 0.1) is 11.8 Å². The SMILES string of the molecule is COc1cc(C2C3=C4OCOC4C=C3CC3COC(=O)C32)cc(OC)c1OC. The second kappa shape index (κ2) is 6.44. The maximum atomic E-state index is 12.7. The lowest BCUT2D eigenvalue weighted by atomic mass is 9.66. The minimum atomic E-state index is -0.273. The van der Waals surface area contributed by atoms with Gasteiger partial charge in [0.25, 0.3) is 0 Å². The zero-order chi connectivity index (χ0) is 19.4. The molecule has 0 radical (unpaired) electrons. The number of rotatable bonds is 4. The number of hydrogen-bond acceptors (Lipinski definition) is 7. The van der Waals surface area contributed by atoms with E-state index in [1.807, 2.05) is 12.1 Å². The van der Waals surface area contributed by atoms with Crippen molar-refractivity contribution in [2.24, 2.45) is 11.8 Å². The molecule has 0 aromatic heterocycles. The number of benzene rings is 1. The molecule has 148 valence electrons. The predicted octanol–water partition coefficient (Wildman–Crippen LogP) is 2.56. The number of hydrogen-bond donors (Lipinski definition) is 0. The van der Waals surface area contributed by atoms with Crippen LogP contribution >= 0.6 is 0 Å². The van der Waals surface area contributed by atoms with Crippen LogP contribution in [0.25, 0.3) is 0 Å². The maximum Gasteiger partial charge on any atom is 0.310 e. The van der Waals surface area contributed by atoms with Crippen LogP contribution in [0.1, 0.15) is 17.9 Å². The van der Waals surface area contributed by atoms with Crippen molar-refractivity contribution in [1.29, 1.82) is 0 Å². The van der Waals surface area contributed by atoms with Crippen LogP contribution in [-0.2, 0) is 19.0 Å². The third kappa shape index (κ3) is 2.35. The molecule has 2 aliphatic heterocycles. The van der Waals surface area contributed by atoms with E-state index in [9.17, 15) is 4.79 Å². The number of allylic oxidation sites excluding steroid dienone is 2. The van der Waals surface area contributed by atoms with Crippen molar-refractivity contribution in [2.45, 2.75) is 18.4 Å². The third-order valence-corrected chi connectivity index (χ3v) is 6.10. The molecular weight excluding hydrogens is 364 g/mol. The van der Waals surface area contributed by atoms with E-state index in [-0.39, 0.29) is 36.6 Å². The molecular formula is C21H22O7. The molecule has 0 spiro atoms. The van der Waals surface area contributed by atoms with Crippen LogP contribution < -0.4 is 14.2 Å². The largest absolute Gasteiger partial charge is 0.493 e. The Bertz CT molecular complexity index is 875. The van der Waals surface area contributed by atoms with Crippen LogP contribution in [0.15, 0.2) is 35.1 Å². The smallest absolute Gasteiger partial charge is 0.310 e. The average molecular weight is 386 g/mol. The fourth-order valence-electron chi connectivity index (χ4n) is 4.94. The highest BCUT2D eigenvalue weighted by molar-refractivity contribution is 5.79. The highest BCUT2D eigenvalue weighted by atomic mass is 16.7. The molecule has 4 unspecified atom stereocenters. The second-order valence-electron chi connectivity index (χ2n) is 7.38. The van der Waals surface area contributed by atoms with E-state index >= 15 is 0 Å². The molecule has 2 saturated heterocycles. The first kappa shape index (κ1) is 17.4. The highest BCUT2D eigenvalue weighted by Crippen LogP contribution is 2.56. The zero-order valence-electron chi connectivity index (χ0n) is 16.0. The summed E-state index contributed by atoms with van der Waals surface area (Å²) in [5, 5.41) is 0. The van der Waals surface area contributed by atoms with Crippen molar-refractivity contribution in [1.82, 2.24) is 0 Å². The van der Waals surface area contributed by atoms with Gasteiger partial charge in [0.15, 0.2) is 18.3 Å². The summed E-state index contributed by atoms with van der Waals surface area (Å²) in [5.74, 6) is 1.92. The van der Waals surface area contributed by atoms with E-state index in [4.69, 9.17) is 28.4 Å². The van der Waals surface area contributed by atoms with Gasteiger partial charge < -0.3 is 28.4 Å². The molecule has 2 aliphatic carbocycles. The number of methoxy groups -OCH3 is 3. The molecule has 2 heterocycles. The van der Waals surface area contributed by atoms with Crippen LogP contribution in [0.2, 0.25) is 0 Å². The normalized spacial score (nSPS) is 30.1. The summed E-state index contributed by atoms with van der Waals surface area (Å²) in [6, 6.07) is 3.82. The van der Waals surface area contributed by atoms with Crippen molar-refractivity contribution in [3.8, 4) is 17.2 Å². The van der Waals surface area contributed by atoms with Crippen LogP contribution in [0.5, 0.6) is 17.2 Å². The van der Waals surface area contributed by atoms with Crippen molar-refractivity contribution in [3.63, 3.8) is 0 Å². The van der Waals surface area contributed by atoms with Crippen LogP contribution in [0.4, 0.5) is 0 Å². The average Bonchev–Trinajstić information content (AvgIpc) is 3.40. The summed E-state index contributed by atoms with van der Waals surface area (Å²) in [5.41, 5.74) is 3.13. The summed E-state index contributed by atoms with van der Waals surface area (Å²) < 4.78 is 33.5. The molecule has 0 amide bonds. The van der Waals surface area contributed by atoms with E-state index in [1.165, 1.54) is 5.57 Å². The van der Waals surface area contributed by atoms with Gasteiger partial charge in [0.2, 0.25) is 5.75 Å². The summed E-state index contributed by atoms with van der Waals surface area (Å²) >= 11 is 0. The number of fused-ring (bicyclic) bond motifs is 3. The number of carbonyl (C=O) groups is 1. The van der Waals surface area contributed by atoms with Crippen LogP contribution in [0.3, 0.4) is 0 Å². The van der Waals surface area contributed by atoms with Gasteiger partial charge in [-0.1, -0.05) is 0 Å². The number of esters is 1. The van der Waals surface area contributed by atoms with Crippen molar-refractivity contribution in [3.05, 3.63) is 40.7 Å². The summed E-state index contributed by atoms with van der Waals surface area (Å²) in [6.45, 7) is 0.671. The molecule has 4 atom stereocenters. The first-order valence-corrected chi connectivity index (χ1v) is 9.32. The van der Waals surface area contributed by atoms with Gasteiger partial charge in [0.1, 0.15) is 11.9 Å². The van der Waals surface area contributed by atoms with Gasteiger partial charge in [-0.2, -0.15) is 0 Å². The Labute approximate surface area is 162 Å². The Morgan fingerprint density at radius 3 is 2.46 bits per heavy atom. The summed E-state index contributed by atoms with van der Waals surface area (Å²) in [4.78, 5) is 12.7. The highest BCUT2D eigenvalue weighted by Gasteiger charge is 2.52. The van der Waals surface area contributed by atoms with Gasteiger partial charge in [-0.25, -0.2) is 0 Å². The molecule has 1 saturated carbocycles. The molecule has 1 aromatic carbocycles. The topological polar surface area (TPSA) is 72.5 Å².